The summed E-state index contributed by atoms with van der Waals surface area (Å²) in [5.41, 5.74) is 2.72. The molecule has 3 heterocycles. The zero-order valence-electron chi connectivity index (χ0n) is 20.7. The molecule has 0 unspecified atom stereocenters. The smallest absolute Gasteiger partial charge is 0.407 e. The Morgan fingerprint density at radius 1 is 1.21 bits per heavy atom. The maximum Gasteiger partial charge on any atom is 0.407 e. The van der Waals surface area contributed by atoms with E-state index >= 15 is 4.39 Å². The first-order chi connectivity index (χ1) is 18.3. The third-order valence-electron chi connectivity index (χ3n) is 7.64. The number of amides is 4. The van der Waals surface area contributed by atoms with E-state index in [-0.39, 0.29) is 55.1 Å². The molecule has 2 aliphatic heterocycles. The zero-order chi connectivity index (χ0) is 26.6. The van der Waals surface area contributed by atoms with E-state index < -0.39 is 29.8 Å². The number of imide groups is 1. The van der Waals surface area contributed by atoms with Gasteiger partial charge in [-0.25, -0.2) is 9.18 Å². The minimum Gasteiger partial charge on any atom is -0.446 e. The highest BCUT2D eigenvalue weighted by molar-refractivity contribution is 6.05. The molecule has 1 aliphatic carbocycles. The van der Waals surface area contributed by atoms with E-state index in [0.717, 1.165) is 16.5 Å². The van der Waals surface area contributed by atoms with Gasteiger partial charge in [0, 0.05) is 43.3 Å². The Kier molecular flexibility index (Phi) is 5.85. The van der Waals surface area contributed by atoms with Crippen LogP contribution in [0.1, 0.15) is 58.8 Å². The predicted molar refractivity (Wildman–Crippen MR) is 132 cm³/mol. The fourth-order valence-corrected chi connectivity index (χ4v) is 5.54. The second-order valence-corrected chi connectivity index (χ2v) is 10.1. The molecule has 10 nitrogen and oxygen atoms in total. The Labute approximate surface area is 217 Å². The van der Waals surface area contributed by atoms with Crippen molar-refractivity contribution in [3.63, 3.8) is 0 Å². The summed E-state index contributed by atoms with van der Waals surface area (Å²) >= 11 is 0. The third kappa shape index (κ3) is 4.07. The monoisotopic (exact) mass is 519 g/mol. The van der Waals surface area contributed by atoms with E-state index in [2.05, 4.69) is 15.7 Å². The Balaban J connectivity index is 1.04. The summed E-state index contributed by atoms with van der Waals surface area (Å²) in [4.78, 5) is 50.3. The molecular formula is C27H26FN5O5. The third-order valence-corrected chi connectivity index (χ3v) is 7.64. The fraction of sp³-hybridized carbons (Fsp3) is 0.370. The molecule has 1 aromatic heterocycles. The number of nitrogens with zero attached hydrogens (tertiary/aromatic N) is 3. The number of hydrogen-bond donors (Lipinski definition) is 2. The summed E-state index contributed by atoms with van der Waals surface area (Å²) in [5, 5.41) is 10.4. The van der Waals surface area contributed by atoms with Crippen LogP contribution in [0.2, 0.25) is 0 Å². The molecule has 196 valence electrons. The van der Waals surface area contributed by atoms with Crippen molar-refractivity contribution < 1.29 is 28.3 Å². The lowest BCUT2D eigenvalue weighted by Crippen LogP contribution is -2.52. The molecule has 1 saturated heterocycles. The number of carbonyl (C=O) groups is 4. The van der Waals surface area contributed by atoms with Gasteiger partial charge in [0.2, 0.25) is 11.8 Å². The number of carbonyl (C=O) groups excluding carboxylic acids is 4. The van der Waals surface area contributed by atoms with Gasteiger partial charge in [-0.3, -0.25) is 24.4 Å². The average Bonchev–Trinajstić information content (AvgIpc) is 3.43. The average molecular weight is 520 g/mol. The SMILES string of the molecule is Cc1cccc2cnn(C3CC(OC(=O)NCc4ccc5c(c4F)C(=O)N([C@@H]4CCC(=O)NC4=O)C5)C3)c12. The molecule has 4 amide bonds. The number of rotatable bonds is 5. The van der Waals surface area contributed by atoms with Crippen molar-refractivity contribution in [3.05, 3.63) is 64.6 Å². The first-order valence-electron chi connectivity index (χ1n) is 12.6. The molecule has 1 atom stereocenters. The maximum absolute atomic E-state index is 15.3. The second-order valence-electron chi connectivity index (χ2n) is 10.1. The normalized spacial score (nSPS) is 22.7. The molecular weight excluding hydrogens is 493 g/mol. The van der Waals surface area contributed by atoms with Crippen LogP contribution in [0.5, 0.6) is 0 Å². The first-order valence-corrected chi connectivity index (χ1v) is 12.6. The number of alkyl carbamates (subject to hydrolysis) is 1. The lowest BCUT2D eigenvalue weighted by molar-refractivity contribution is -0.136. The van der Waals surface area contributed by atoms with Gasteiger partial charge in [-0.2, -0.15) is 5.10 Å². The van der Waals surface area contributed by atoms with Gasteiger partial charge in [0.25, 0.3) is 5.91 Å². The summed E-state index contributed by atoms with van der Waals surface area (Å²) in [6.45, 7) is 1.97. The van der Waals surface area contributed by atoms with E-state index in [0.29, 0.717) is 18.4 Å². The molecule has 6 rings (SSSR count). The Bertz CT molecular complexity index is 1490. The van der Waals surface area contributed by atoms with Gasteiger partial charge in [-0.05, 0) is 24.5 Å². The number of aromatic nitrogens is 2. The minimum absolute atomic E-state index is 0.0843. The van der Waals surface area contributed by atoms with E-state index in [1.54, 1.807) is 6.07 Å². The lowest BCUT2D eigenvalue weighted by Gasteiger charge is -2.35. The molecule has 3 aliphatic rings. The molecule has 2 aromatic carbocycles. The number of aryl methyl sites for hydroxylation is 1. The quantitative estimate of drug-likeness (QED) is 0.500. The highest BCUT2D eigenvalue weighted by Crippen LogP contribution is 2.37. The summed E-state index contributed by atoms with van der Waals surface area (Å²) in [7, 11) is 0. The Morgan fingerprint density at radius 3 is 2.82 bits per heavy atom. The van der Waals surface area contributed by atoms with Gasteiger partial charge in [-0.15, -0.1) is 0 Å². The number of piperidine rings is 1. The molecule has 0 radical (unpaired) electrons. The van der Waals surface area contributed by atoms with E-state index in [4.69, 9.17) is 4.74 Å². The second kappa shape index (κ2) is 9.23. The van der Waals surface area contributed by atoms with Crippen molar-refractivity contribution in [1.82, 2.24) is 25.3 Å². The van der Waals surface area contributed by atoms with Crippen LogP contribution in [-0.4, -0.2) is 50.6 Å². The summed E-state index contributed by atoms with van der Waals surface area (Å²) in [5.74, 6) is -2.27. The van der Waals surface area contributed by atoms with E-state index in [1.807, 2.05) is 36.0 Å². The van der Waals surface area contributed by atoms with Crippen molar-refractivity contribution >= 4 is 34.7 Å². The highest BCUT2D eigenvalue weighted by Gasteiger charge is 2.41. The number of fused-ring (bicyclic) bond motifs is 2. The van der Waals surface area contributed by atoms with Crippen LogP contribution >= 0.6 is 0 Å². The van der Waals surface area contributed by atoms with Gasteiger partial charge in [0.1, 0.15) is 18.0 Å². The van der Waals surface area contributed by atoms with Crippen molar-refractivity contribution in [2.75, 3.05) is 0 Å². The maximum atomic E-state index is 15.3. The van der Waals surface area contributed by atoms with Crippen LogP contribution in [-0.2, 0) is 27.4 Å². The number of hydrogen-bond acceptors (Lipinski definition) is 6. The number of nitrogens with one attached hydrogen (secondary N) is 2. The predicted octanol–water partition coefficient (Wildman–Crippen LogP) is 2.87. The van der Waals surface area contributed by atoms with Gasteiger partial charge >= 0.3 is 6.09 Å². The summed E-state index contributed by atoms with van der Waals surface area (Å²) < 4.78 is 22.8. The Morgan fingerprint density at radius 2 is 2.03 bits per heavy atom. The first kappa shape index (κ1) is 24.1. The molecule has 1 saturated carbocycles. The zero-order valence-corrected chi connectivity index (χ0v) is 20.7. The Hall–Kier alpha value is -4.28. The van der Waals surface area contributed by atoms with Crippen LogP contribution in [0, 0.1) is 12.7 Å². The molecule has 38 heavy (non-hydrogen) atoms. The van der Waals surface area contributed by atoms with Crippen molar-refractivity contribution in [1.29, 1.82) is 0 Å². The fourth-order valence-electron chi connectivity index (χ4n) is 5.54. The molecule has 3 aromatic rings. The molecule has 2 fully saturated rings. The molecule has 0 bridgehead atoms. The van der Waals surface area contributed by atoms with Crippen LogP contribution in [0.15, 0.2) is 36.5 Å². The molecule has 2 N–H and O–H groups in total. The van der Waals surface area contributed by atoms with E-state index in [1.165, 1.54) is 11.0 Å². The van der Waals surface area contributed by atoms with Crippen LogP contribution < -0.4 is 10.6 Å². The summed E-state index contributed by atoms with van der Waals surface area (Å²) in [6.07, 6.45) is 2.50. The van der Waals surface area contributed by atoms with Gasteiger partial charge in [0.15, 0.2) is 0 Å². The number of benzene rings is 2. The highest BCUT2D eigenvalue weighted by atomic mass is 19.1. The number of para-hydroxylation sites is 1. The van der Waals surface area contributed by atoms with Gasteiger partial charge in [0.05, 0.1) is 23.3 Å². The molecule has 11 heteroatoms. The standard InChI is InChI=1S/C27H26FN5O5/c1-14-3-2-4-16-12-30-33(24(14)16)18-9-19(10-18)38-27(37)29-11-15-5-6-17-13-32(26(36)22(17)23(15)28)20-7-8-21(34)31-25(20)35/h2-6,12,18-20H,7-11,13H2,1H3,(H,29,37)(H,31,34,35)/t18?,19?,20-/m1/s1. The number of halogens is 1. The van der Waals surface area contributed by atoms with Crippen molar-refractivity contribution in [3.8, 4) is 0 Å². The van der Waals surface area contributed by atoms with Gasteiger partial charge < -0.3 is 15.0 Å². The topological polar surface area (TPSA) is 123 Å². The van der Waals surface area contributed by atoms with Crippen LogP contribution in [0.3, 0.4) is 0 Å². The summed E-state index contributed by atoms with van der Waals surface area (Å²) in [6, 6.07) is 8.51. The van der Waals surface area contributed by atoms with E-state index in [9.17, 15) is 19.2 Å². The van der Waals surface area contributed by atoms with Crippen LogP contribution in [0.25, 0.3) is 10.9 Å². The van der Waals surface area contributed by atoms with Crippen molar-refractivity contribution in [2.24, 2.45) is 0 Å². The molecule has 0 spiro atoms. The van der Waals surface area contributed by atoms with Gasteiger partial charge in [-0.1, -0.05) is 30.3 Å². The van der Waals surface area contributed by atoms with Crippen molar-refractivity contribution in [2.45, 2.75) is 63.9 Å². The number of ether oxygens (including phenoxy) is 1. The van der Waals surface area contributed by atoms with Crippen LogP contribution in [0.4, 0.5) is 9.18 Å². The largest absolute Gasteiger partial charge is 0.446 e. The minimum atomic E-state index is -0.821. The lowest BCUT2D eigenvalue weighted by atomic mass is 9.89.